The molecule has 0 bridgehead atoms. The first kappa shape index (κ1) is 20.4. The van der Waals surface area contributed by atoms with Gasteiger partial charge in [-0.05, 0) is 54.4 Å². The lowest BCUT2D eigenvalue weighted by molar-refractivity contribution is 0.102. The number of aliphatic hydroxyl groups is 1. The van der Waals surface area contributed by atoms with Gasteiger partial charge in [0, 0.05) is 16.8 Å². The van der Waals surface area contributed by atoms with Gasteiger partial charge >= 0.3 is 0 Å². The first-order chi connectivity index (χ1) is 15.1. The van der Waals surface area contributed by atoms with Crippen molar-refractivity contribution in [1.82, 2.24) is 0 Å². The summed E-state index contributed by atoms with van der Waals surface area (Å²) in [6.45, 7) is 2.21. The number of aliphatic hydroxyl groups excluding tert-OH is 1. The lowest BCUT2D eigenvalue weighted by Crippen LogP contribution is -2.13. The van der Waals surface area contributed by atoms with E-state index in [1.807, 2.05) is 61.5 Å². The number of hydrogen-bond acceptors (Lipinski definition) is 4. The quantitative estimate of drug-likeness (QED) is 0.415. The van der Waals surface area contributed by atoms with Gasteiger partial charge in [-0.25, -0.2) is 0 Å². The molecule has 0 saturated carbocycles. The fourth-order valence-electron chi connectivity index (χ4n) is 3.19. The average molecular weight is 413 g/mol. The van der Waals surface area contributed by atoms with Gasteiger partial charge in [-0.2, -0.15) is 0 Å². The fraction of sp³-hybridized carbons (Fsp3) is 0.115. The molecule has 4 aromatic rings. The zero-order valence-electron chi connectivity index (χ0n) is 17.2. The van der Waals surface area contributed by atoms with Crippen LogP contribution < -0.4 is 10.1 Å². The van der Waals surface area contributed by atoms with Crippen LogP contribution in [0.2, 0.25) is 0 Å². The van der Waals surface area contributed by atoms with Crippen molar-refractivity contribution in [3.63, 3.8) is 0 Å². The van der Waals surface area contributed by atoms with Crippen LogP contribution in [-0.2, 0) is 13.2 Å². The van der Waals surface area contributed by atoms with Crippen molar-refractivity contribution in [3.8, 4) is 17.1 Å². The number of aryl methyl sites for hydroxylation is 1. The van der Waals surface area contributed by atoms with E-state index in [0.29, 0.717) is 35.1 Å². The van der Waals surface area contributed by atoms with Crippen molar-refractivity contribution < 1.29 is 19.1 Å². The highest BCUT2D eigenvalue weighted by Crippen LogP contribution is 2.28. The predicted octanol–water partition coefficient (Wildman–Crippen LogP) is 5.58. The van der Waals surface area contributed by atoms with Crippen molar-refractivity contribution in [1.29, 1.82) is 0 Å². The number of carbonyl (C=O) groups is 1. The molecule has 1 amide bonds. The van der Waals surface area contributed by atoms with Crippen molar-refractivity contribution in [3.05, 3.63) is 107 Å². The lowest BCUT2D eigenvalue weighted by atomic mass is 10.1. The van der Waals surface area contributed by atoms with Gasteiger partial charge in [0.05, 0.1) is 0 Å². The van der Waals surface area contributed by atoms with Gasteiger partial charge in [0.1, 0.15) is 30.5 Å². The number of nitrogens with one attached hydrogen (secondary N) is 1. The standard InChI is InChI=1S/C26H23NO4/c1-18-10-11-20(25-13-12-23(16-28)31-25)15-24(18)27-26(29)21-8-5-9-22(14-21)30-17-19-6-3-2-4-7-19/h2-15,28H,16-17H2,1H3,(H,27,29). The first-order valence-electron chi connectivity index (χ1n) is 10.0. The van der Waals surface area contributed by atoms with Crippen LogP contribution in [0.15, 0.2) is 89.3 Å². The van der Waals surface area contributed by atoms with Gasteiger partial charge in [-0.3, -0.25) is 4.79 Å². The summed E-state index contributed by atoms with van der Waals surface area (Å²) in [5.41, 5.74) is 4.02. The number of furan rings is 1. The van der Waals surface area contributed by atoms with Crippen molar-refractivity contribution >= 4 is 11.6 Å². The second-order valence-electron chi connectivity index (χ2n) is 7.21. The Kier molecular flexibility index (Phi) is 6.15. The molecule has 1 aromatic heterocycles. The van der Waals surface area contributed by atoms with Gasteiger partial charge < -0.3 is 19.6 Å². The number of rotatable bonds is 7. The Hall–Kier alpha value is -3.83. The molecular formula is C26H23NO4. The summed E-state index contributed by atoms with van der Waals surface area (Å²) in [6, 6.07) is 26.2. The zero-order chi connectivity index (χ0) is 21.6. The summed E-state index contributed by atoms with van der Waals surface area (Å²) in [6.07, 6.45) is 0. The fourth-order valence-corrected chi connectivity index (χ4v) is 3.19. The Morgan fingerprint density at radius 1 is 0.968 bits per heavy atom. The predicted molar refractivity (Wildman–Crippen MR) is 120 cm³/mol. The van der Waals surface area contributed by atoms with Crippen LogP contribution in [0.25, 0.3) is 11.3 Å². The summed E-state index contributed by atoms with van der Waals surface area (Å²) in [4.78, 5) is 12.9. The second kappa shape index (κ2) is 9.32. The van der Waals surface area contributed by atoms with E-state index in [1.54, 1.807) is 30.3 Å². The molecule has 0 aliphatic rings. The molecule has 0 unspecified atom stereocenters. The van der Waals surface area contributed by atoms with Crippen LogP contribution in [0.4, 0.5) is 5.69 Å². The van der Waals surface area contributed by atoms with Gasteiger partial charge in [-0.1, -0.05) is 48.5 Å². The lowest BCUT2D eigenvalue weighted by Gasteiger charge is -2.11. The van der Waals surface area contributed by atoms with Crippen LogP contribution in [0.5, 0.6) is 5.75 Å². The van der Waals surface area contributed by atoms with Crippen LogP contribution in [-0.4, -0.2) is 11.0 Å². The molecule has 0 aliphatic heterocycles. The summed E-state index contributed by atoms with van der Waals surface area (Å²) < 4.78 is 11.4. The third kappa shape index (κ3) is 5.02. The largest absolute Gasteiger partial charge is 0.489 e. The van der Waals surface area contributed by atoms with Crippen LogP contribution in [0.3, 0.4) is 0 Å². The molecule has 0 saturated heterocycles. The Balaban J connectivity index is 1.48. The van der Waals surface area contributed by atoms with Gasteiger partial charge in [0.25, 0.3) is 5.91 Å². The maximum atomic E-state index is 12.9. The molecule has 5 nitrogen and oxygen atoms in total. The van der Waals surface area contributed by atoms with E-state index < -0.39 is 0 Å². The highest BCUT2D eigenvalue weighted by molar-refractivity contribution is 6.05. The Bertz CT molecular complexity index is 1180. The highest BCUT2D eigenvalue weighted by atomic mass is 16.5. The molecule has 2 N–H and O–H groups in total. The molecule has 0 radical (unpaired) electrons. The molecule has 4 rings (SSSR count). The zero-order valence-corrected chi connectivity index (χ0v) is 17.2. The Morgan fingerprint density at radius 2 is 1.81 bits per heavy atom. The smallest absolute Gasteiger partial charge is 0.255 e. The molecule has 0 fully saturated rings. The van der Waals surface area contributed by atoms with Gasteiger partial charge in [0.2, 0.25) is 0 Å². The van der Waals surface area contributed by atoms with E-state index in [9.17, 15) is 9.90 Å². The average Bonchev–Trinajstić information content (AvgIpc) is 3.29. The van der Waals surface area contributed by atoms with Gasteiger partial charge in [-0.15, -0.1) is 0 Å². The number of ether oxygens (including phenoxy) is 1. The number of amides is 1. The van der Waals surface area contributed by atoms with E-state index in [1.165, 1.54) is 0 Å². The van der Waals surface area contributed by atoms with E-state index >= 15 is 0 Å². The number of benzene rings is 3. The maximum Gasteiger partial charge on any atom is 0.255 e. The monoisotopic (exact) mass is 413 g/mol. The van der Waals surface area contributed by atoms with E-state index in [2.05, 4.69) is 5.32 Å². The SMILES string of the molecule is Cc1ccc(-c2ccc(CO)o2)cc1NC(=O)c1cccc(OCc2ccccc2)c1. The van der Waals surface area contributed by atoms with Gasteiger partial charge in [0.15, 0.2) is 0 Å². The first-order valence-corrected chi connectivity index (χ1v) is 10.0. The molecule has 0 aliphatic carbocycles. The number of anilines is 1. The van der Waals surface area contributed by atoms with E-state index in [4.69, 9.17) is 9.15 Å². The minimum absolute atomic E-state index is 0.155. The molecule has 156 valence electrons. The molecule has 0 spiro atoms. The highest BCUT2D eigenvalue weighted by Gasteiger charge is 2.12. The topological polar surface area (TPSA) is 71.7 Å². The van der Waals surface area contributed by atoms with E-state index in [-0.39, 0.29) is 12.5 Å². The van der Waals surface area contributed by atoms with E-state index in [0.717, 1.165) is 16.7 Å². The van der Waals surface area contributed by atoms with Crippen LogP contribution >= 0.6 is 0 Å². The third-order valence-corrected chi connectivity index (χ3v) is 4.93. The molecule has 1 heterocycles. The normalized spacial score (nSPS) is 10.6. The number of carbonyl (C=O) groups excluding carboxylic acids is 1. The summed E-state index contributed by atoms with van der Waals surface area (Å²) in [5.74, 6) is 1.54. The van der Waals surface area contributed by atoms with Crippen molar-refractivity contribution in [2.75, 3.05) is 5.32 Å². The summed E-state index contributed by atoms with van der Waals surface area (Å²) >= 11 is 0. The number of hydrogen-bond donors (Lipinski definition) is 2. The minimum Gasteiger partial charge on any atom is -0.489 e. The maximum absolute atomic E-state index is 12.9. The minimum atomic E-state index is -0.221. The second-order valence-corrected chi connectivity index (χ2v) is 7.21. The summed E-state index contributed by atoms with van der Waals surface area (Å²) in [7, 11) is 0. The van der Waals surface area contributed by atoms with Crippen LogP contribution in [0.1, 0.15) is 27.2 Å². The van der Waals surface area contributed by atoms with Crippen molar-refractivity contribution in [2.24, 2.45) is 0 Å². The molecule has 0 atom stereocenters. The molecule has 5 heteroatoms. The summed E-state index contributed by atoms with van der Waals surface area (Å²) in [5, 5.41) is 12.2. The molecule has 3 aromatic carbocycles. The Morgan fingerprint density at radius 3 is 2.58 bits per heavy atom. The third-order valence-electron chi connectivity index (χ3n) is 4.93. The van der Waals surface area contributed by atoms with Crippen molar-refractivity contribution in [2.45, 2.75) is 20.1 Å². The Labute approximate surface area is 180 Å². The molecular weight excluding hydrogens is 390 g/mol. The molecule has 31 heavy (non-hydrogen) atoms. The van der Waals surface area contributed by atoms with Crippen LogP contribution in [0, 0.1) is 6.92 Å².